The molecule has 2 aromatic carbocycles. The van der Waals surface area contributed by atoms with Crippen molar-refractivity contribution in [3.05, 3.63) is 53.1 Å². The zero-order chi connectivity index (χ0) is 23.8. The molecule has 1 fully saturated rings. The molecule has 3 heterocycles. The average molecular weight is 477 g/mol. The molecule has 5 rings (SSSR count). The number of carbonyl (C=O) groups excluding carboxylic acids is 1. The first-order valence-corrected chi connectivity index (χ1v) is 12.3. The molecule has 0 aliphatic carbocycles. The second-order valence-electron chi connectivity index (χ2n) is 8.92. The molecule has 1 saturated heterocycles. The third-order valence-corrected chi connectivity index (χ3v) is 6.96. The van der Waals surface area contributed by atoms with E-state index in [1.807, 2.05) is 53.5 Å². The SMILES string of the molecule is CCN(CC)C(=O)C1CCCN(c2nc3ccc(C)cc3c3nnc(-c4ccc(Cl)cc4)n23)C1. The van der Waals surface area contributed by atoms with E-state index in [-0.39, 0.29) is 11.8 Å². The first-order valence-electron chi connectivity index (χ1n) is 11.9. The van der Waals surface area contributed by atoms with Gasteiger partial charge in [0.1, 0.15) is 0 Å². The Kier molecular flexibility index (Phi) is 6.13. The van der Waals surface area contributed by atoms with E-state index in [2.05, 4.69) is 34.2 Å². The Morgan fingerprint density at radius 2 is 1.88 bits per heavy atom. The van der Waals surface area contributed by atoms with Crippen molar-refractivity contribution in [2.45, 2.75) is 33.6 Å². The van der Waals surface area contributed by atoms with Gasteiger partial charge in [-0.25, -0.2) is 9.38 Å². The number of hydrogen-bond acceptors (Lipinski definition) is 5. The van der Waals surface area contributed by atoms with E-state index in [1.165, 1.54) is 0 Å². The minimum atomic E-state index is -0.0466. The minimum absolute atomic E-state index is 0.0466. The van der Waals surface area contributed by atoms with E-state index < -0.39 is 0 Å². The van der Waals surface area contributed by atoms with Crippen molar-refractivity contribution in [2.24, 2.45) is 5.92 Å². The molecule has 0 spiro atoms. The topological polar surface area (TPSA) is 66.6 Å². The molecule has 1 unspecified atom stereocenters. The number of aryl methyl sites for hydroxylation is 1. The van der Waals surface area contributed by atoms with E-state index >= 15 is 0 Å². The number of halogens is 1. The highest BCUT2D eigenvalue weighted by molar-refractivity contribution is 6.30. The van der Waals surface area contributed by atoms with Crippen LogP contribution in [0.2, 0.25) is 5.02 Å². The summed E-state index contributed by atoms with van der Waals surface area (Å²) in [4.78, 5) is 22.4. The maximum Gasteiger partial charge on any atom is 0.227 e. The number of aromatic nitrogens is 4. The first-order chi connectivity index (χ1) is 16.5. The molecular weight excluding hydrogens is 448 g/mol. The quantitative estimate of drug-likeness (QED) is 0.406. The molecule has 1 atom stereocenters. The Morgan fingerprint density at radius 1 is 1.12 bits per heavy atom. The van der Waals surface area contributed by atoms with Crippen LogP contribution in [-0.2, 0) is 4.79 Å². The van der Waals surface area contributed by atoms with E-state index in [9.17, 15) is 4.79 Å². The van der Waals surface area contributed by atoms with Gasteiger partial charge in [-0.1, -0.05) is 23.2 Å². The number of fused-ring (bicyclic) bond motifs is 3. The predicted octanol–water partition coefficient (Wildman–Crippen LogP) is 4.99. The van der Waals surface area contributed by atoms with Crippen molar-refractivity contribution < 1.29 is 4.79 Å². The number of benzene rings is 2. The van der Waals surface area contributed by atoms with Crippen LogP contribution >= 0.6 is 11.6 Å². The number of hydrogen-bond donors (Lipinski definition) is 0. The number of amides is 1. The summed E-state index contributed by atoms with van der Waals surface area (Å²) < 4.78 is 2.04. The van der Waals surface area contributed by atoms with Gasteiger partial charge in [-0.15, -0.1) is 10.2 Å². The Balaban J connectivity index is 1.66. The normalized spacial score (nSPS) is 16.4. The van der Waals surface area contributed by atoms with Crippen LogP contribution in [0.1, 0.15) is 32.3 Å². The van der Waals surface area contributed by atoms with E-state index in [0.717, 1.165) is 71.9 Å². The van der Waals surface area contributed by atoms with Crippen LogP contribution in [0, 0.1) is 12.8 Å². The smallest absolute Gasteiger partial charge is 0.227 e. The monoisotopic (exact) mass is 476 g/mol. The number of carbonyl (C=O) groups is 1. The second-order valence-corrected chi connectivity index (χ2v) is 9.35. The van der Waals surface area contributed by atoms with Crippen molar-refractivity contribution in [3.63, 3.8) is 0 Å². The lowest BCUT2D eigenvalue weighted by molar-refractivity contribution is -0.135. The molecule has 2 aromatic heterocycles. The largest absolute Gasteiger partial charge is 0.343 e. The van der Waals surface area contributed by atoms with Crippen LogP contribution in [0.4, 0.5) is 5.95 Å². The third-order valence-electron chi connectivity index (χ3n) is 6.71. The molecule has 0 radical (unpaired) electrons. The van der Waals surface area contributed by atoms with Gasteiger partial charge in [0.25, 0.3) is 0 Å². The molecule has 0 saturated carbocycles. The van der Waals surface area contributed by atoms with Crippen LogP contribution in [-0.4, -0.2) is 56.6 Å². The van der Waals surface area contributed by atoms with Crippen LogP contribution in [0.3, 0.4) is 0 Å². The van der Waals surface area contributed by atoms with Crippen LogP contribution in [0.25, 0.3) is 27.9 Å². The summed E-state index contributed by atoms with van der Waals surface area (Å²) in [6.45, 7) is 9.06. The second kappa shape index (κ2) is 9.22. The summed E-state index contributed by atoms with van der Waals surface area (Å²) in [5, 5.41) is 10.8. The fourth-order valence-corrected chi connectivity index (χ4v) is 5.01. The Bertz CT molecular complexity index is 1350. The van der Waals surface area contributed by atoms with Crippen LogP contribution in [0.15, 0.2) is 42.5 Å². The van der Waals surface area contributed by atoms with Crippen LogP contribution < -0.4 is 4.90 Å². The Labute approximate surface area is 204 Å². The first kappa shape index (κ1) is 22.6. The van der Waals surface area contributed by atoms with Crippen molar-refractivity contribution >= 4 is 40.0 Å². The van der Waals surface area contributed by atoms with E-state index in [4.69, 9.17) is 16.6 Å². The predicted molar refractivity (Wildman–Crippen MR) is 136 cm³/mol. The van der Waals surface area contributed by atoms with Crippen molar-refractivity contribution in [2.75, 3.05) is 31.1 Å². The molecule has 1 aliphatic heterocycles. The molecule has 1 amide bonds. The number of nitrogens with zero attached hydrogens (tertiary/aromatic N) is 6. The van der Waals surface area contributed by atoms with Gasteiger partial charge in [-0.2, -0.15) is 0 Å². The van der Waals surface area contributed by atoms with Crippen molar-refractivity contribution in [1.29, 1.82) is 0 Å². The van der Waals surface area contributed by atoms with Gasteiger partial charge < -0.3 is 9.80 Å². The minimum Gasteiger partial charge on any atom is -0.343 e. The molecule has 0 N–H and O–H groups in total. The zero-order valence-electron chi connectivity index (χ0n) is 19.8. The highest BCUT2D eigenvalue weighted by Gasteiger charge is 2.31. The van der Waals surface area contributed by atoms with Gasteiger partial charge >= 0.3 is 0 Å². The maximum atomic E-state index is 13.2. The molecule has 176 valence electrons. The molecule has 1 aliphatic rings. The third kappa shape index (κ3) is 3.98. The maximum absolute atomic E-state index is 13.2. The highest BCUT2D eigenvalue weighted by Crippen LogP contribution is 2.31. The van der Waals surface area contributed by atoms with E-state index in [0.29, 0.717) is 11.6 Å². The van der Waals surface area contributed by atoms with Crippen molar-refractivity contribution in [3.8, 4) is 11.4 Å². The number of rotatable bonds is 5. The summed E-state index contributed by atoms with van der Waals surface area (Å²) in [7, 11) is 0. The average Bonchev–Trinajstić information content (AvgIpc) is 3.30. The van der Waals surface area contributed by atoms with Gasteiger partial charge in [0, 0.05) is 42.2 Å². The van der Waals surface area contributed by atoms with Gasteiger partial charge in [-0.05, 0) is 70.0 Å². The lowest BCUT2D eigenvalue weighted by Gasteiger charge is -2.35. The summed E-state index contributed by atoms with van der Waals surface area (Å²) in [6, 6.07) is 13.8. The highest BCUT2D eigenvalue weighted by atomic mass is 35.5. The Hall–Kier alpha value is -3.19. The fraction of sp³-hybridized carbons (Fsp3) is 0.385. The lowest BCUT2D eigenvalue weighted by atomic mass is 9.96. The van der Waals surface area contributed by atoms with Gasteiger partial charge in [-0.3, -0.25) is 4.79 Å². The van der Waals surface area contributed by atoms with Gasteiger partial charge in [0.15, 0.2) is 11.5 Å². The molecule has 4 aromatic rings. The summed E-state index contributed by atoms with van der Waals surface area (Å²) >= 11 is 6.14. The summed E-state index contributed by atoms with van der Waals surface area (Å²) in [6.07, 6.45) is 1.83. The summed E-state index contributed by atoms with van der Waals surface area (Å²) in [5.41, 5.74) is 3.70. The van der Waals surface area contributed by atoms with Crippen molar-refractivity contribution in [1.82, 2.24) is 24.5 Å². The van der Waals surface area contributed by atoms with Crippen LogP contribution in [0.5, 0.6) is 0 Å². The number of piperidine rings is 1. The molecule has 7 nitrogen and oxygen atoms in total. The summed E-state index contributed by atoms with van der Waals surface area (Å²) in [5.74, 6) is 1.67. The van der Waals surface area contributed by atoms with Gasteiger partial charge in [0.05, 0.1) is 11.4 Å². The lowest BCUT2D eigenvalue weighted by Crippen LogP contribution is -2.45. The Morgan fingerprint density at radius 3 is 2.62 bits per heavy atom. The number of anilines is 1. The molecule has 8 heteroatoms. The van der Waals surface area contributed by atoms with Gasteiger partial charge in [0.2, 0.25) is 11.9 Å². The molecule has 0 bridgehead atoms. The zero-order valence-corrected chi connectivity index (χ0v) is 20.6. The van der Waals surface area contributed by atoms with E-state index in [1.54, 1.807) is 0 Å². The fourth-order valence-electron chi connectivity index (χ4n) is 4.88. The molecule has 34 heavy (non-hydrogen) atoms. The standard InChI is InChI=1S/C26H29ClN6O/c1-4-31(5-2)25(34)19-7-6-14-32(16-19)26-28-22-13-8-17(3)15-21(22)24-30-29-23(33(24)26)18-9-11-20(27)12-10-18/h8-13,15,19H,4-7,14,16H2,1-3H3. The molecular formula is C26H29ClN6O.